The Labute approximate surface area is 475 Å². The van der Waals surface area contributed by atoms with Gasteiger partial charge in [0.25, 0.3) is 21.9 Å². The number of rotatable bonds is 20. The lowest BCUT2D eigenvalue weighted by molar-refractivity contribution is -0.438. The minimum Gasteiger partial charge on any atom is -0.347 e. The Hall–Kier alpha value is -4.54. The molecule has 2 aromatic rings. The van der Waals surface area contributed by atoms with Gasteiger partial charge in [0.2, 0.25) is 17.5 Å². The molecule has 1 aliphatic carbocycles. The number of carbonyl (C=O) groups excluding carboxylic acids is 6. The highest BCUT2D eigenvalue weighted by Gasteiger charge is 2.50. The molecule has 18 heteroatoms. The third-order valence-corrected chi connectivity index (χ3v) is 18.8. The average molecular weight is 1290 g/mol. The topological polar surface area (TPSA) is 182 Å². The number of amides is 4. The largest absolute Gasteiger partial charge is 0.347 e. The summed E-state index contributed by atoms with van der Waals surface area (Å²) in [5, 5.41) is 0.522. The number of anilines is 1. The van der Waals surface area contributed by atoms with Crippen LogP contribution in [0.5, 0.6) is 0 Å². The van der Waals surface area contributed by atoms with E-state index in [1.165, 1.54) is 29.7 Å². The highest BCUT2D eigenvalue weighted by Crippen LogP contribution is 2.50. The molecule has 0 aromatic heterocycles. The van der Waals surface area contributed by atoms with Gasteiger partial charge < -0.3 is 19.5 Å². The lowest BCUT2D eigenvalue weighted by Gasteiger charge is -2.32. The molecule has 76 heavy (non-hydrogen) atoms. The Morgan fingerprint density at radius 1 is 0.816 bits per heavy atom. The van der Waals surface area contributed by atoms with Crippen LogP contribution < -0.4 is 4.90 Å². The van der Waals surface area contributed by atoms with Crippen molar-refractivity contribution in [3.63, 3.8) is 0 Å². The number of unbranched alkanes of at least 4 members (excludes halogenated alkanes) is 3. The number of fused-ring (bicyclic) bond motifs is 2. The predicted octanol–water partition coefficient (Wildman–Crippen LogP) is 9.73. The van der Waals surface area contributed by atoms with Gasteiger partial charge in [-0.15, -0.1) is 5.06 Å². The number of likely N-dealkylation sites (N-methyl/N-ethyl adjacent to an activating group) is 1. The standard InChI is InChI=1S/C58H71I2N5O10S/c1-38-26-27-44-42(35-38)58(4,30-13-15-34-76(72,73)74)49(24-11-8-6-7-10-23-48-57(2,3)53-43(60)36-39(59)37-47(53)61(48)5)62(44)31-14-9-12-25-50(66)63-32-18-22-46(63)55(70)64-33-17-21-45(64)54(69)40-19-16-20-41(40)56(71)75-65-51(67)28-29-52(65)68/h6-8,10-11,23-24,26-27,35-37,40-41,45-46H,9,12-22,25,28-34H2,1-5H3/p+1. The molecule has 1 saturated carbocycles. The van der Waals surface area contributed by atoms with Crippen molar-refractivity contribution >= 4 is 108 Å². The highest BCUT2D eigenvalue weighted by molar-refractivity contribution is 14.1. The third kappa shape index (κ3) is 12.3. The van der Waals surface area contributed by atoms with Gasteiger partial charge in [0.05, 0.1) is 23.1 Å². The second kappa shape index (κ2) is 24.2. The summed E-state index contributed by atoms with van der Waals surface area (Å²) in [5.74, 6) is -4.21. The molecule has 0 radical (unpaired) electrons. The smallest absolute Gasteiger partial charge is 0.336 e. The molecule has 15 nitrogen and oxygen atoms in total. The number of hydrogen-bond donors (Lipinski definition) is 1. The zero-order chi connectivity index (χ0) is 54.7. The van der Waals surface area contributed by atoms with Crippen molar-refractivity contribution in [2.75, 3.05) is 37.3 Å². The molecule has 4 fully saturated rings. The van der Waals surface area contributed by atoms with Crippen LogP contribution in [0.4, 0.5) is 11.4 Å². The summed E-state index contributed by atoms with van der Waals surface area (Å²) in [6.45, 7) is 10.4. The monoisotopic (exact) mass is 1280 g/mol. The number of imide groups is 1. The van der Waals surface area contributed by atoms with Crippen molar-refractivity contribution in [2.45, 2.75) is 153 Å². The molecule has 4 amide bonds. The van der Waals surface area contributed by atoms with E-state index in [4.69, 9.17) is 4.84 Å². The molecule has 2 aromatic carbocycles. The number of hydrogen-bond acceptors (Lipinski definition) is 10. The van der Waals surface area contributed by atoms with Crippen LogP contribution in [0.3, 0.4) is 0 Å². The summed E-state index contributed by atoms with van der Waals surface area (Å²) >= 11 is 4.82. The van der Waals surface area contributed by atoms with Crippen molar-refractivity contribution in [3.05, 3.63) is 102 Å². The van der Waals surface area contributed by atoms with E-state index in [2.05, 4.69) is 144 Å². The third-order valence-electron chi connectivity index (χ3n) is 16.6. The van der Waals surface area contributed by atoms with Crippen LogP contribution in [0.15, 0.2) is 78.6 Å². The Morgan fingerprint density at radius 2 is 1.50 bits per heavy atom. The Morgan fingerprint density at radius 3 is 2.24 bits per heavy atom. The van der Waals surface area contributed by atoms with Gasteiger partial charge in [-0.3, -0.25) is 28.5 Å². The average Bonchev–Trinajstić information content (AvgIpc) is 4.25. The van der Waals surface area contributed by atoms with Gasteiger partial charge in [-0.2, -0.15) is 13.0 Å². The minimum atomic E-state index is -4.09. The lowest BCUT2D eigenvalue weighted by Crippen LogP contribution is -2.52. The zero-order valence-corrected chi connectivity index (χ0v) is 49.5. The quantitative estimate of drug-likeness (QED) is 0.0333. The maximum Gasteiger partial charge on any atom is 0.336 e. The Balaban J connectivity index is 0.908. The summed E-state index contributed by atoms with van der Waals surface area (Å²) in [6, 6.07) is 9.58. The van der Waals surface area contributed by atoms with Crippen molar-refractivity contribution in [3.8, 4) is 0 Å². The van der Waals surface area contributed by atoms with Crippen molar-refractivity contribution in [1.82, 2.24) is 14.9 Å². The molecular formula is C58H72I2N5O10S+. The number of allylic oxidation sites excluding steroid dienone is 8. The van der Waals surface area contributed by atoms with Gasteiger partial charge in [-0.25, -0.2) is 4.79 Å². The lowest BCUT2D eigenvalue weighted by atomic mass is 9.75. The number of halogens is 2. The molecule has 0 bridgehead atoms. The normalized spacial score (nSPS) is 25.0. The molecule has 1 N–H and O–H groups in total. The Bertz CT molecular complexity index is 2910. The number of aryl methyl sites for hydroxylation is 1. The van der Waals surface area contributed by atoms with Gasteiger partial charge in [-0.05, 0) is 148 Å². The van der Waals surface area contributed by atoms with Crippen molar-refractivity contribution in [1.29, 1.82) is 0 Å². The van der Waals surface area contributed by atoms with E-state index in [-0.39, 0.29) is 48.0 Å². The fourth-order valence-electron chi connectivity index (χ4n) is 12.7. The van der Waals surface area contributed by atoms with E-state index in [0.29, 0.717) is 95.3 Å². The van der Waals surface area contributed by atoms with E-state index in [1.807, 2.05) is 18.2 Å². The fourth-order valence-corrected chi connectivity index (χ4v) is 15.8. The molecule has 5 unspecified atom stereocenters. The maximum absolute atomic E-state index is 14.3. The van der Waals surface area contributed by atoms with Crippen molar-refractivity contribution < 1.29 is 51.2 Å². The van der Waals surface area contributed by atoms with Crippen LogP contribution >= 0.6 is 45.2 Å². The van der Waals surface area contributed by atoms with Gasteiger partial charge in [0.1, 0.15) is 12.6 Å². The number of ketones is 1. The summed E-state index contributed by atoms with van der Waals surface area (Å²) in [5.41, 5.74) is 7.68. The van der Waals surface area contributed by atoms with E-state index >= 15 is 0 Å². The number of benzene rings is 2. The van der Waals surface area contributed by atoms with E-state index in [0.717, 1.165) is 29.8 Å². The van der Waals surface area contributed by atoms with E-state index in [1.54, 1.807) is 9.80 Å². The number of carbonyl (C=O) groups is 6. The molecule has 5 aliphatic heterocycles. The van der Waals surface area contributed by atoms with Crippen molar-refractivity contribution in [2.24, 2.45) is 11.8 Å². The second-order valence-electron chi connectivity index (χ2n) is 22.1. The van der Waals surface area contributed by atoms with Crippen LogP contribution in [0.2, 0.25) is 0 Å². The first-order chi connectivity index (χ1) is 36.1. The molecule has 5 heterocycles. The number of nitrogens with zero attached hydrogens (tertiary/aromatic N) is 5. The zero-order valence-electron chi connectivity index (χ0n) is 44.4. The van der Waals surface area contributed by atoms with E-state index < -0.39 is 57.2 Å². The second-order valence-corrected chi connectivity index (χ2v) is 26.0. The first-order valence-corrected chi connectivity index (χ1v) is 30.8. The molecule has 5 atom stereocenters. The SMILES string of the molecule is Cc1ccc2c(c1)C(C)(CCCCS(=O)(=O)O)C(/C=C/C=C/C=C/C=C1\N(C)c3cc(I)cc(I)c3C1(C)C)=[N+]2CCCCCC(=O)N1CCCC1C(=O)N1CCCC1C(=O)C1CCCC1C(=O)ON1C(=O)CCC1=O. The summed E-state index contributed by atoms with van der Waals surface area (Å²) in [7, 11) is -1.97. The van der Waals surface area contributed by atoms with Gasteiger partial charge in [-0.1, -0.05) is 68.7 Å². The molecule has 408 valence electrons. The van der Waals surface area contributed by atoms with Crippen LogP contribution in [0.1, 0.15) is 140 Å². The summed E-state index contributed by atoms with van der Waals surface area (Å²) in [6.07, 6.45) is 22.3. The van der Waals surface area contributed by atoms with Gasteiger partial charge >= 0.3 is 5.97 Å². The maximum atomic E-state index is 14.3. The number of hydroxylamine groups is 2. The highest BCUT2D eigenvalue weighted by atomic mass is 127. The van der Waals surface area contributed by atoms with Gasteiger partial charge in [0, 0.05) is 98.9 Å². The van der Waals surface area contributed by atoms with Crippen LogP contribution in [-0.4, -0.2) is 118 Å². The van der Waals surface area contributed by atoms with E-state index in [9.17, 15) is 41.7 Å². The van der Waals surface area contributed by atoms with Crippen LogP contribution in [0, 0.1) is 25.9 Å². The Kier molecular flexibility index (Phi) is 18.4. The first kappa shape index (κ1) is 57.6. The molecule has 8 rings (SSSR count). The van der Waals surface area contributed by atoms with Crippen LogP contribution in [0.25, 0.3) is 0 Å². The minimum absolute atomic E-state index is 0.0234. The molecule has 3 saturated heterocycles. The summed E-state index contributed by atoms with van der Waals surface area (Å²) in [4.78, 5) is 90.6. The number of likely N-dealkylation sites (tertiary alicyclic amines) is 2. The van der Waals surface area contributed by atoms with Gasteiger partial charge in [0.15, 0.2) is 11.5 Å². The molecular weight excluding hydrogens is 1210 g/mol. The van der Waals surface area contributed by atoms with Crippen LogP contribution in [-0.2, 0) is 54.6 Å². The molecule has 0 spiro atoms. The fraction of sp³-hybridized carbons (Fsp3) is 0.534. The number of Topliss-reactive ketones (excluding diaryl/α,β-unsaturated/α-hetero) is 1. The summed E-state index contributed by atoms with van der Waals surface area (Å²) < 4.78 is 37.7. The first-order valence-electron chi connectivity index (χ1n) is 27.0. The molecule has 6 aliphatic rings. The predicted molar refractivity (Wildman–Crippen MR) is 308 cm³/mol.